The van der Waals surface area contributed by atoms with Gasteiger partial charge in [0.1, 0.15) is 0 Å². The summed E-state index contributed by atoms with van der Waals surface area (Å²) in [7, 11) is 4.74. The highest BCUT2D eigenvalue weighted by Crippen LogP contribution is 2.40. The molecule has 1 saturated carbocycles. The molecule has 0 radical (unpaired) electrons. The third-order valence-corrected chi connectivity index (χ3v) is 6.53. The summed E-state index contributed by atoms with van der Waals surface area (Å²) in [6.45, 7) is 1.48. The molecule has 1 aliphatic heterocycles. The van der Waals surface area contributed by atoms with E-state index in [4.69, 9.17) is 14.2 Å². The topological polar surface area (TPSA) is 77.1 Å². The lowest BCUT2D eigenvalue weighted by Crippen LogP contribution is -2.48. The van der Waals surface area contributed by atoms with Crippen LogP contribution in [0.15, 0.2) is 12.1 Å². The number of hydrogen-bond donors (Lipinski definition) is 1. The van der Waals surface area contributed by atoms with Crippen molar-refractivity contribution in [2.24, 2.45) is 5.92 Å². The van der Waals surface area contributed by atoms with Gasteiger partial charge in [-0.15, -0.1) is 0 Å². The highest BCUT2D eigenvalue weighted by Gasteiger charge is 2.29. The molecule has 0 atom stereocenters. The minimum atomic E-state index is 0.0221. The summed E-state index contributed by atoms with van der Waals surface area (Å²) in [5.41, 5.74) is 0.906. The van der Waals surface area contributed by atoms with E-state index >= 15 is 0 Å². The van der Waals surface area contributed by atoms with Crippen molar-refractivity contribution < 1.29 is 23.8 Å². The van der Waals surface area contributed by atoms with Gasteiger partial charge in [0.2, 0.25) is 17.6 Å². The van der Waals surface area contributed by atoms with E-state index in [2.05, 4.69) is 5.32 Å². The molecule has 1 saturated heterocycles. The van der Waals surface area contributed by atoms with Crippen LogP contribution in [-0.2, 0) is 16.0 Å². The van der Waals surface area contributed by atoms with Crippen LogP contribution in [0.5, 0.6) is 17.2 Å². The summed E-state index contributed by atoms with van der Waals surface area (Å²) in [6, 6.07) is 3.87. The SMILES string of the molecule is COc1ccc(CCC(=O)NC2CCN(C(=O)C3CCCCC3)CC2)c(OC)c1OC. The number of likely N-dealkylation sites (tertiary alicyclic amines) is 1. The summed E-state index contributed by atoms with van der Waals surface area (Å²) >= 11 is 0. The largest absolute Gasteiger partial charge is 0.493 e. The Morgan fingerprint density at radius 1 is 0.935 bits per heavy atom. The highest BCUT2D eigenvalue weighted by molar-refractivity contribution is 5.79. The van der Waals surface area contributed by atoms with Gasteiger partial charge in [-0.3, -0.25) is 9.59 Å². The predicted molar refractivity (Wildman–Crippen MR) is 119 cm³/mol. The lowest BCUT2D eigenvalue weighted by atomic mass is 9.87. The molecular weight excluding hydrogens is 396 g/mol. The molecule has 31 heavy (non-hydrogen) atoms. The first-order chi connectivity index (χ1) is 15.1. The molecule has 1 N–H and O–H groups in total. The van der Waals surface area contributed by atoms with Gasteiger partial charge in [0.15, 0.2) is 11.5 Å². The Bertz CT molecular complexity index is 753. The van der Waals surface area contributed by atoms with Crippen molar-refractivity contribution in [1.82, 2.24) is 10.2 Å². The van der Waals surface area contributed by atoms with Crippen molar-refractivity contribution in [3.8, 4) is 17.2 Å². The second kappa shape index (κ2) is 11.3. The molecule has 1 aliphatic carbocycles. The molecule has 1 aromatic rings. The van der Waals surface area contributed by atoms with E-state index in [-0.39, 0.29) is 17.9 Å². The number of ether oxygens (including phenoxy) is 3. The lowest BCUT2D eigenvalue weighted by molar-refractivity contribution is -0.137. The number of nitrogens with zero attached hydrogens (tertiary/aromatic N) is 1. The van der Waals surface area contributed by atoms with E-state index in [1.54, 1.807) is 21.3 Å². The summed E-state index contributed by atoms with van der Waals surface area (Å²) in [6.07, 6.45) is 8.24. The van der Waals surface area contributed by atoms with Crippen LogP contribution in [0.2, 0.25) is 0 Å². The molecule has 0 bridgehead atoms. The standard InChI is InChI=1S/C24H36N2O5/c1-29-20-11-9-17(22(30-2)23(20)31-3)10-12-21(27)25-19-13-15-26(16-14-19)24(28)18-7-5-4-6-8-18/h9,11,18-19H,4-8,10,12-16H2,1-3H3,(H,25,27). The third-order valence-electron chi connectivity index (χ3n) is 6.53. The maximum atomic E-state index is 12.7. The van der Waals surface area contributed by atoms with Crippen molar-refractivity contribution in [3.05, 3.63) is 17.7 Å². The number of rotatable bonds is 8. The van der Waals surface area contributed by atoms with Crippen molar-refractivity contribution in [2.45, 2.75) is 63.8 Å². The third kappa shape index (κ3) is 5.83. The zero-order chi connectivity index (χ0) is 22.2. The van der Waals surface area contributed by atoms with E-state index in [1.165, 1.54) is 19.3 Å². The molecular formula is C24H36N2O5. The minimum Gasteiger partial charge on any atom is -0.493 e. The Kier molecular flexibility index (Phi) is 8.43. The number of methoxy groups -OCH3 is 3. The molecule has 0 aromatic heterocycles. The molecule has 7 nitrogen and oxygen atoms in total. The first kappa shape index (κ1) is 23.2. The Balaban J connectivity index is 1.46. The molecule has 1 heterocycles. The number of carbonyl (C=O) groups is 2. The molecule has 0 unspecified atom stereocenters. The first-order valence-corrected chi connectivity index (χ1v) is 11.4. The number of nitrogens with one attached hydrogen (secondary N) is 1. The van der Waals surface area contributed by atoms with E-state index in [0.29, 0.717) is 36.0 Å². The Labute approximate surface area is 185 Å². The Hall–Kier alpha value is -2.44. The van der Waals surface area contributed by atoms with Crippen LogP contribution in [0, 0.1) is 5.92 Å². The van der Waals surface area contributed by atoms with Gasteiger partial charge in [-0.2, -0.15) is 0 Å². The Morgan fingerprint density at radius 3 is 2.23 bits per heavy atom. The van der Waals surface area contributed by atoms with Gasteiger partial charge in [0, 0.05) is 31.5 Å². The van der Waals surface area contributed by atoms with Gasteiger partial charge in [-0.05, 0) is 43.7 Å². The molecule has 1 aromatic carbocycles. The van der Waals surface area contributed by atoms with Crippen LogP contribution in [0.4, 0.5) is 0 Å². The normalized spacial score (nSPS) is 17.8. The van der Waals surface area contributed by atoms with E-state index in [0.717, 1.165) is 44.3 Å². The van der Waals surface area contributed by atoms with Crippen LogP contribution >= 0.6 is 0 Å². The van der Waals surface area contributed by atoms with Gasteiger partial charge < -0.3 is 24.4 Å². The zero-order valence-electron chi connectivity index (χ0n) is 19.1. The van der Waals surface area contributed by atoms with Crippen LogP contribution in [0.3, 0.4) is 0 Å². The second-order valence-electron chi connectivity index (χ2n) is 8.50. The van der Waals surface area contributed by atoms with Crippen molar-refractivity contribution in [1.29, 1.82) is 0 Å². The highest BCUT2D eigenvalue weighted by atomic mass is 16.5. The summed E-state index contributed by atoms with van der Waals surface area (Å²) in [5.74, 6) is 2.31. The number of piperidine rings is 1. The number of aryl methyl sites for hydroxylation is 1. The minimum absolute atomic E-state index is 0.0221. The zero-order valence-corrected chi connectivity index (χ0v) is 19.1. The van der Waals surface area contributed by atoms with Crippen LogP contribution in [0.25, 0.3) is 0 Å². The van der Waals surface area contributed by atoms with E-state index in [9.17, 15) is 9.59 Å². The molecule has 0 spiro atoms. The summed E-state index contributed by atoms with van der Waals surface area (Å²) in [5, 5.41) is 3.14. The van der Waals surface area contributed by atoms with Gasteiger partial charge >= 0.3 is 0 Å². The molecule has 2 aliphatic rings. The fraction of sp³-hybridized carbons (Fsp3) is 0.667. The molecule has 2 amide bonds. The average molecular weight is 433 g/mol. The van der Waals surface area contributed by atoms with Gasteiger partial charge in [0.25, 0.3) is 0 Å². The lowest BCUT2D eigenvalue weighted by Gasteiger charge is -2.35. The number of benzene rings is 1. The van der Waals surface area contributed by atoms with Gasteiger partial charge in [0.05, 0.1) is 21.3 Å². The molecule has 3 rings (SSSR count). The van der Waals surface area contributed by atoms with Crippen LogP contribution < -0.4 is 19.5 Å². The van der Waals surface area contributed by atoms with Crippen molar-refractivity contribution in [2.75, 3.05) is 34.4 Å². The Morgan fingerprint density at radius 2 is 1.61 bits per heavy atom. The number of amides is 2. The smallest absolute Gasteiger partial charge is 0.225 e. The van der Waals surface area contributed by atoms with Crippen molar-refractivity contribution in [3.63, 3.8) is 0 Å². The fourth-order valence-electron chi connectivity index (χ4n) is 4.76. The van der Waals surface area contributed by atoms with Crippen molar-refractivity contribution >= 4 is 11.8 Å². The van der Waals surface area contributed by atoms with E-state index in [1.807, 2.05) is 17.0 Å². The summed E-state index contributed by atoms with van der Waals surface area (Å²) < 4.78 is 16.2. The first-order valence-electron chi connectivity index (χ1n) is 11.4. The quantitative estimate of drug-likeness (QED) is 0.682. The maximum absolute atomic E-state index is 12.7. The summed E-state index contributed by atoms with van der Waals surface area (Å²) in [4.78, 5) is 27.3. The molecule has 172 valence electrons. The average Bonchev–Trinajstić information content (AvgIpc) is 2.82. The molecule has 7 heteroatoms. The number of carbonyl (C=O) groups excluding carboxylic acids is 2. The monoisotopic (exact) mass is 432 g/mol. The fourth-order valence-corrected chi connectivity index (χ4v) is 4.76. The predicted octanol–water partition coefficient (Wildman–Crippen LogP) is 3.33. The van der Waals surface area contributed by atoms with Gasteiger partial charge in [-0.25, -0.2) is 0 Å². The molecule has 2 fully saturated rings. The maximum Gasteiger partial charge on any atom is 0.225 e. The van der Waals surface area contributed by atoms with Gasteiger partial charge in [-0.1, -0.05) is 25.3 Å². The second-order valence-corrected chi connectivity index (χ2v) is 8.50. The van der Waals surface area contributed by atoms with Crippen LogP contribution in [0.1, 0.15) is 56.9 Å². The van der Waals surface area contributed by atoms with Crippen LogP contribution in [-0.4, -0.2) is 57.2 Å². The van der Waals surface area contributed by atoms with E-state index < -0.39 is 0 Å². The number of hydrogen-bond acceptors (Lipinski definition) is 5.